The molecule has 0 bridgehead atoms. The van der Waals surface area contributed by atoms with E-state index >= 15 is 0 Å². The fourth-order valence-electron chi connectivity index (χ4n) is 2.56. The number of benzene rings is 2. The van der Waals surface area contributed by atoms with Crippen LogP contribution in [0.1, 0.15) is 22.7 Å². The maximum absolute atomic E-state index is 9.51. The number of aromatic hydroxyl groups is 1. The SMILES string of the molecule is COc1ccc(CC(c2ccc(O)cc2)c2csc(N)n2)cc1. The number of nitrogens with zero attached hydrogens (tertiary/aromatic N) is 1. The summed E-state index contributed by atoms with van der Waals surface area (Å²) in [6, 6.07) is 15.3. The van der Waals surface area contributed by atoms with Crippen LogP contribution in [0.5, 0.6) is 11.5 Å². The molecule has 3 N–H and O–H groups in total. The van der Waals surface area contributed by atoms with Crippen molar-refractivity contribution < 1.29 is 9.84 Å². The molecule has 0 saturated heterocycles. The number of thiazole rings is 1. The molecule has 5 heteroatoms. The molecule has 0 aliphatic carbocycles. The van der Waals surface area contributed by atoms with E-state index in [1.54, 1.807) is 19.2 Å². The van der Waals surface area contributed by atoms with Crippen molar-refractivity contribution in [3.8, 4) is 11.5 Å². The van der Waals surface area contributed by atoms with E-state index in [1.807, 2.05) is 29.6 Å². The smallest absolute Gasteiger partial charge is 0.180 e. The Morgan fingerprint density at radius 3 is 2.39 bits per heavy atom. The summed E-state index contributed by atoms with van der Waals surface area (Å²) in [4.78, 5) is 4.45. The predicted molar refractivity (Wildman–Crippen MR) is 93.2 cm³/mol. The summed E-state index contributed by atoms with van der Waals surface area (Å²) >= 11 is 1.44. The third-order valence-electron chi connectivity index (χ3n) is 3.79. The Morgan fingerprint density at radius 1 is 1.13 bits per heavy atom. The summed E-state index contributed by atoms with van der Waals surface area (Å²) in [7, 11) is 1.66. The number of aromatic nitrogens is 1. The third-order valence-corrected chi connectivity index (χ3v) is 4.48. The number of nitrogen functional groups attached to an aromatic ring is 1. The van der Waals surface area contributed by atoms with Gasteiger partial charge in [0.15, 0.2) is 5.13 Å². The quantitative estimate of drug-likeness (QED) is 0.748. The minimum absolute atomic E-state index is 0.0949. The molecule has 4 nitrogen and oxygen atoms in total. The van der Waals surface area contributed by atoms with Crippen molar-refractivity contribution in [1.29, 1.82) is 0 Å². The third kappa shape index (κ3) is 3.63. The summed E-state index contributed by atoms with van der Waals surface area (Å²) in [5.74, 6) is 1.19. The second kappa shape index (κ2) is 6.71. The summed E-state index contributed by atoms with van der Waals surface area (Å²) in [6.07, 6.45) is 0.804. The highest BCUT2D eigenvalue weighted by Gasteiger charge is 2.18. The molecule has 0 aliphatic rings. The Bertz CT molecular complexity index is 766. The highest BCUT2D eigenvalue weighted by molar-refractivity contribution is 7.13. The van der Waals surface area contributed by atoms with Crippen molar-refractivity contribution in [2.45, 2.75) is 12.3 Å². The van der Waals surface area contributed by atoms with E-state index in [-0.39, 0.29) is 11.7 Å². The van der Waals surface area contributed by atoms with Crippen LogP contribution >= 0.6 is 11.3 Å². The van der Waals surface area contributed by atoms with E-state index in [9.17, 15) is 5.11 Å². The average Bonchev–Trinajstić information content (AvgIpc) is 3.00. The van der Waals surface area contributed by atoms with Crippen LogP contribution in [0.2, 0.25) is 0 Å². The molecule has 1 atom stereocenters. The van der Waals surface area contributed by atoms with E-state index in [1.165, 1.54) is 16.9 Å². The zero-order valence-electron chi connectivity index (χ0n) is 12.8. The van der Waals surface area contributed by atoms with Gasteiger partial charge in [-0.15, -0.1) is 11.3 Å². The van der Waals surface area contributed by atoms with Gasteiger partial charge in [0.2, 0.25) is 0 Å². The molecule has 0 saturated carbocycles. The van der Waals surface area contributed by atoms with Crippen LogP contribution in [0.4, 0.5) is 5.13 Å². The fraction of sp³-hybridized carbons (Fsp3) is 0.167. The number of rotatable bonds is 5. The maximum atomic E-state index is 9.51. The number of phenols is 1. The molecule has 0 fully saturated rings. The number of ether oxygens (including phenoxy) is 1. The van der Waals surface area contributed by atoms with Crippen LogP contribution in [-0.4, -0.2) is 17.2 Å². The van der Waals surface area contributed by atoms with Gasteiger partial charge in [-0.3, -0.25) is 0 Å². The zero-order chi connectivity index (χ0) is 16.2. The van der Waals surface area contributed by atoms with Gasteiger partial charge in [0.05, 0.1) is 12.8 Å². The Labute approximate surface area is 139 Å². The number of nitrogens with two attached hydrogens (primary N) is 1. The number of hydrogen-bond acceptors (Lipinski definition) is 5. The largest absolute Gasteiger partial charge is 0.508 e. The van der Waals surface area contributed by atoms with Crippen LogP contribution in [-0.2, 0) is 6.42 Å². The number of hydrogen-bond donors (Lipinski definition) is 2. The van der Waals surface area contributed by atoms with E-state index < -0.39 is 0 Å². The highest BCUT2D eigenvalue weighted by Crippen LogP contribution is 2.31. The summed E-state index contributed by atoms with van der Waals surface area (Å²) in [6.45, 7) is 0. The first kappa shape index (κ1) is 15.4. The Kier molecular flexibility index (Phi) is 4.48. The van der Waals surface area contributed by atoms with Gasteiger partial charge < -0.3 is 15.6 Å². The molecule has 3 aromatic rings. The number of methoxy groups -OCH3 is 1. The van der Waals surface area contributed by atoms with Crippen molar-refractivity contribution in [2.24, 2.45) is 0 Å². The second-order valence-electron chi connectivity index (χ2n) is 5.31. The van der Waals surface area contributed by atoms with Crippen molar-refractivity contribution in [3.05, 3.63) is 70.7 Å². The minimum atomic E-state index is 0.0949. The highest BCUT2D eigenvalue weighted by atomic mass is 32.1. The first-order valence-electron chi connectivity index (χ1n) is 7.28. The molecule has 3 rings (SSSR count). The fourth-order valence-corrected chi connectivity index (χ4v) is 3.17. The molecule has 2 aromatic carbocycles. The molecule has 1 aromatic heterocycles. The Balaban J connectivity index is 1.92. The van der Waals surface area contributed by atoms with Crippen LogP contribution in [0.15, 0.2) is 53.9 Å². The van der Waals surface area contributed by atoms with Crippen molar-refractivity contribution in [3.63, 3.8) is 0 Å². The Hall–Kier alpha value is -2.53. The summed E-state index contributed by atoms with van der Waals surface area (Å²) in [5, 5.41) is 12.1. The van der Waals surface area contributed by atoms with Crippen LogP contribution in [0.3, 0.4) is 0 Å². The molecule has 0 aliphatic heterocycles. The summed E-state index contributed by atoms with van der Waals surface area (Å²) in [5.41, 5.74) is 9.04. The Morgan fingerprint density at radius 2 is 1.83 bits per heavy atom. The normalized spacial score (nSPS) is 12.0. The molecular formula is C18H18N2O2S. The molecule has 23 heavy (non-hydrogen) atoms. The van der Waals surface area contributed by atoms with Gasteiger partial charge in [-0.1, -0.05) is 24.3 Å². The van der Waals surface area contributed by atoms with E-state index in [4.69, 9.17) is 10.5 Å². The van der Waals surface area contributed by atoms with Gasteiger partial charge >= 0.3 is 0 Å². The second-order valence-corrected chi connectivity index (χ2v) is 6.20. The lowest BCUT2D eigenvalue weighted by Crippen LogP contribution is -2.06. The topological polar surface area (TPSA) is 68.4 Å². The summed E-state index contributed by atoms with van der Waals surface area (Å²) < 4.78 is 5.20. The van der Waals surface area contributed by atoms with Gasteiger partial charge in [0.25, 0.3) is 0 Å². The molecule has 0 spiro atoms. The lowest BCUT2D eigenvalue weighted by molar-refractivity contribution is 0.414. The zero-order valence-corrected chi connectivity index (χ0v) is 13.6. The average molecular weight is 326 g/mol. The van der Waals surface area contributed by atoms with E-state index in [0.717, 1.165) is 23.4 Å². The minimum Gasteiger partial charge on any atom is -0.508 e. The van der Waals surface area contributed by atoms with Crippen LogP contribution in [0.25, 0.3) is 0 Å². The predicted octanol–water partition coefficient (Wildman–Crippen LogP) is 3.81. The molecule has 1 unspecified atom stereocenters. The first-order chi connectivity index (χ1) is 11.2. The molecular weight excluding hydrogens is 308 g/mol. The van der Waals surface area contributed by atoms with Crippen molar-refractivity contribution >= 4 is 16.5 Å². The molecule has 1 heterocycles. The van der Waals surface area contributed by atoms with Crippen molar-refractivity contribution in [1.82, 2.24) is 4.98 Å². The van der Waals surface area contributed by atoms with Crippen molar-refractivity contribution in [2.75, 3.05) is 12.8 Å². The number of phenolic OH excluding ortho intramolecular Hbond substituents is 1. The lowest BCUT2D eigenvalue weighted by atomic mass is 9.89. The van der Waals surface area contributed by atoms with Gasteiger partial charge in [-0.2, -0.15) is 0 Å². The van der Waals surface area contributed by atoms with Gasteiger partial charge in [-0.05, 0) is 41.8 Å². The maximum Gasteiger partial charge on any atom is 0.180 e. The van der Waals surface area contributed by atoms with E-state index in [2.05, 4.69) is 17.1 Å². The van der Waals surface area contributed by atoms with Gasteiger partial charge in [0, 0.05) is 11.3 Å². The van der Waals surface area contributed by atoms with Gasteiger partial charge in [0.1, 0.15) is 11.5 Å². The standard InChI is InChI=1S/C18H18N2O2S/c1-22-15-8-2-12(3-9-15)10-16(17-11-23-18(19)20-17)13-4-6-14(21)7-5-13/h2-9,11,16,21H,10H2,1H3,(H2,19,20). The number of anilines is 1. The molecule has 0 radical (unpaired) electrons. The van der Waals surface area contributed by atoms with E-state index in [0.29, 0.717) is 5.13 Å². The molecule has 0 amide bonds. The van der Waals surface area contributed by atoms with Crippen LogP contribution in [0, 0.1) is 0 Å². The van der Waals surface area contributed by atoms with Crippen LogP contribution < -0.4 is 10.5 Å². The monoisotopic (exact) mass is 326 g/mol. The molecule has 118 valence electrons. The van der Waals surface area contributed by atoms with Gasteiger partial charge in [-0.25, -0.2) is 4.98 Å². The lowest BCUT2D eigenvalue weighted by Gasteiger charge is -2.16. The first-order valence-corrected chi connectivity index (χ1v) is 8.16.